The molecule has 0 aliphatic rings. The molecule has 0 heterocycles. The summed E-state index contributed by atoms with van der Waals surface area (Å²) in [5.74, 6) is -0.286. The van der Waals surface area contributed by atoms with Crippen LogP contribution in [-0.4, -0.2) is 39.2 Å². The zero-order chi connectivity index (χ0) is 19.5. The fourth-order valence-electron chi connectivity index (χ4n) is 1.21. The molecule has 136 valence electrons. The number of sulfonamides is 1. The fourth-order valence-corrected chi connectivity index (χ4v) is 1.75. The topological polar surface area (TPSA) is 124 Å². The van der Waals surface area contributed by atoms with Crippen LogP contribution in [-0.2, 0) is 14.8 Å². The van der Waals surface area contributed by atoms with Crippen molar-refractivity contribution in [3.8, 4) is 0 Å². The number of primary sulfonamides is 1. The first-order valence-corrected chi connectivity index (χ1v) is 8.71. The summed E-state index contributed by atoms with van der Waals surface area (Å²) in [5.41, 5.74) is 5.53. The van der Waals surface area contributed by atoms with Crippen molar-refractivity contribution < 1.29 is 18.0 Å². The Morgan fingerprint density at radius 1 is 0.880 bits per heavy atom. The van der Waals surface area contributed by atoms with Gasteiger partial charge in [-0.05, 0) is 24.3 Å². The molecule has 0 aliphatic carbocycles. The lowest BCUT2D eigenvalue weighted by Gasteiger charge is -2.02. The number of rotatable bonds is 2. The zero-order valence-corrected chi connectivity index (χ0v) is 15.2. The van der Waals surface area contributed by atoms with Crippen LogP contribution in [0.2, 0.25) is 0 Å². The number of nitrogens with two attached hydrogens (primary N) is 2. The molecule has 0 fully saturated rings. The highest BCUT2D eigenvalue weighted by molar-refractivity contribution is 7.89. The Balaban J connectivity index is 0.000000358. The molecule has 0 atom stereocenters. The molecule has 0 aliphatic heterocycles. The molecule has 2 aromatic carbocycles. The van der Waals surface area contributed by atoms with Crippen molar-refractivity contribution in [3.05, 3.63) is 66.2 Å². The van der Waals surface area contributed by atoms with Gasteiger partial charge < -0.3 is 10.6 Å². The van der Waals surface area contributed by atoms with Crippen LogP contribution in [0.5, 0.6) is 0 Å². The number of hydrogen-bond donors (Lipinski definition) is 2. The molecule has 0 spiro atoms. The second-order valence-electron chi connectivity index (χ2n) is 5.00. The first-order chi connectivity index (χ1) is 11.6. The molecule has 0 unspecified atom stereocenters. The minimum atomic E-state index is -3.50. The average Bonchev–Trinajstić information content (AvgIpc) is 2.57. The smallest absolute Gasteiger partial charge is 0.248 e. The lowest BCUT2D eigenvalue weighted by molar-refractivity contribution is -0.126. The number of benzene rings is 2. The monoisotopic (exact) mass is 365 g/mol. The third kappa shape index (κ3) is 10.6. The molecule has 0 bridgehead atoms. The Morgan fingerprint density at radius 2 is 1.24 bits per heavy atom. The summed E-state index contributed by atoms with van der Waals surface area (Å²) < 4.78 is 21.2. The quantitative estimate of drug-likeness (QED) is 0.830. The summed E-state index contributed by atoms with van der Waals surface area (Å²) in [7, 11) is -0.0537. The highest BCUT2D eigenvalue weighted by atomic mass is 32.2. The number of amides is 2. The van der Waals surface area contributed by atoms with Gasteiger partial charge in [-0.3, -0.25) is 9.59 Å². The van der Waals surface area contributed by atoms with E-state index >= 15 is 0 Å². The predicted molar refractivity (Wildman–Crippen MR) is 97.1 cm³/mol. The van der Waals surface area contributed by atoms with Gasteiger partial charge in [-0.15, -0.1) is 0 Å². The summed E-state index contributed by atoms with van der Waals surface area (Å²) in [6, 6.07) is 16.6. The molecule has 0 saturated carbocycles. The minimum Gasteiger partial charge on any atom is -0.366 e. The van der Waals surface area contributed by atoms with Gasteiger partial charge >= 0.3 is 0 Å². The van der Waals surface area contributed by atoms with Gasteiger partial charge in [0.1, 0.15) is 0 Å². The number of nitrogens with zero attached hydrogens (tertiary/aromatic N) is 1. The maximum atomic E-state index is 10.6. The van der Waals surface area contributed by atoms with E-state index in [9.17, 15) is 18.0 Å². The molecule has 2 amide bonds. The van der Waals surface area contributed by atoms with Gasteiger partial charge in [0.05, 0.1) is 4.90 Å². The Labute approximate surface area is 148 Å². The van der Waals surface area contributed by atoms with Gasteiger partial charge in [-0.25, -0.2) is 13.6 Å². The van der Waals surface area contributed by atoms with E-state index in [1.54, 1.807) is 56.6 Å². The van der Waals surface area contributed by atoms with Crippen molar-refractivity contribution in [2.45, 2.75) is 11.8 Å². The molecule has 4 N–H and O–H groups in total. The molecule has 0 aromatic heterocycles. The van der Waals surface area contributed by atoms with Crippen LogP contribution in [0, 0.1) is 0 Å². The van der Waals surface area contributed by atoms with Gasteiger partial charge in [-0.2, -0.15) is 0 Å². The minimum absolute atomic E-state index is 0.0926. The Hall–Kier alpha value is -2.71. The number of hydrogen-bond acceptors (Lipinski definition) is 4. The van der Waals surface area contributed by atoms with Gasteiger partial charge in [0.25, 0.3) is 0 Å². The molecule has 0 radical (unpaired) electrons. The molecular formula is C17H23N3O4S. The van der Waals surface area contributed by atoms with E-state index < -0.39 is 10.0 Å². The average molecular weight is 365 g/mol. The van der Waals surface area contributed by atoms with E-state index in [-0.39, 0.29) is 16.7 Å². The molecule has 8 heteroatoms. The molecule has 2 rings (SSSR count). The fraction of sp³-hybridized carbons (Fsp3) is 0.176. The normalized spacial score (nSPS) is 9.60. The number of carbonyl (C=O) groups excluding carboxylic acids is 2. The van der Waals surface area contributed by atoms with Crippen molar-refractivity contribution in [1.29, 1.82) is 0 Å². The van der Waals surface area contributed by atoms with Crippen LogP contribution in [0.1, 0.15) is 17.3 Å². The third-order valence-corrected chi connectivity index (χ3v) is 3.69. The van der Waals surface area contributed by atoms with Gasteiger partial charge in [-0.1, -0.05) is 36.4 Å². The summed E-state index contributed by atoms with van der Waals surface area (Å²) in [5, 5.41) is 4.83. The van der Waals surface area contributed by atoms with Crippen LogP contribution in [0.15, 0.2) is 65.6 Å². The third-order valence-electron chi connectivity index (χ3n) is 2.76. The van der Waals surface area contributed by atoms with Crippen LogP contribution in [0.3, 0.4) is 0 Å². The summed E-state index contributed by atoms with van der Waals surface area (Å²) >= 11 is 0. The van der Waals surface area contributed by atoms with E-state index in [1.165, 1.54) is 24.0 Å². The van der Waals surface area contributed by atoms with Crippen LogP contribution in [0.4, 0.5) is 0 Å². The highest BCUT2D eigenvalue weighted by Gasteiger charge is 2.03. The van der Waals surface area contributed by atoms with Gasteiger partial charge in [0.2, 0.25) is 21.8 Å². The first-order valence-electron chi connectivity index (χ1n) is 7.16. The summed E-state index contributed by atoms with van der Waals surface area (Å²) in [6.07, 6.45) is 0. The van der Waals surface area contributed by atoms with Crippen LogP contribution < -0.4 is 10.9 Å². The highest BCUT2D eigenvalue weighted by Crippen LogP contribution is 2.03. The van der Waals surface area contributed by atoms with E-state index in [0.29, 0.717) is 5.56 Å². The SMILES string of the molecule is CC(=O)N(C)C.NC(=O)c1ccccc1.NS(=O)(=O)c1ccccc1. The van der Waals surface area contributed by atoms with E-state index in [1.807, 2.05) is 6.07 Å². The van der Waals surface area contributed by atoms with Crippen molar-refractivity contribution >= 4 is 21.8 Å². The molecule has 2 aromatic rings. The van der Waals surface area contributed by atoms with Crippen LogP contribution in [0.25, 0.3) is 0 Å². The van der Waals surface area contributed by atoms with Gasteiger partial charge in [0, 0.05) is 26.6 Å². The van der Waals surface area contributed by atoms with E-state index in [4.69, 9.17) is 10.9 Å². The Bertz CT molecular complexity index is 761. The molecular weight excluding hydrogens is 342 g/mol. The van der Waals surface area contributed by atoms with Crippen LogP contribution >= 0.6 is 0 Å². The largest absolute Gasteiger partial charge is 0.366 e. The Kier molecular flexibility index (Phi) is 9.76. The zero-order valence-electron chi connectivity index (χ0n) is 14.4. The maximum Gasteiger partial charge on any atom is 0.248 e. The molecule has 25 heavy (non-hydrogen) atoms. The standard InChI is InChI=1S/C7H7NO.C6H7NO2S.C4H9NO/c8-7(9)6-4-2-1-3-5-6;7-10(8,9)6-4-2-1-3-5-6;1-4(6)5(2)3/h1-5H,(H2,8,9);1-5H,(H2,7,8,9);1-3H3. The van der Waals surface area contributed by atoms with Crippen molar-refractivity contribution in [3.63, 3.8) is 0 Å². The summed E-state index contributed by atoms with van der Waals surface area (Å²) in [4.78, 5) is 22.2. The first kappa shape index (κ1) is 22.3. The van der Waals surface area contributed by atoms with E-state index in [2.05, 4.69) is 0 Å². The molecule has 7 nitrogen and oxygen atoms in total. The van der Waals surface area contributed by atoms with Crippen molar-refractivity contribution in [2.24, 2.45) is 10.9 Å². The lowest BCUT2D eigenvalue weighted by Crippen LogP contribution is -2.17. The maximum absolute atomic E-state index is 10.6. The number of carbonyl (C=O) groups is 2. The summed E-state index contributed by atoms with van der Waals surface area (Å²) in [6.45, 7) is 1.53. The second-order valence-corrected chi connectivity index (χ2v) is 6.56. The molecule has 0 saturated heterocycles. The van der Waals surface area contributed by atoms with Crippen molar-refractivity contribution in [2.75, 3.05) is 14.1 Å². The Morgan fingerprint density at radius 3 is 1.44 bits per heavy atom. The van der Waals surface area contributed by atoms with Gasteiger partial charge in [0.15, 0.2) is 0 Å². The van der Waals surface area contributed by atoms with Crippen molar-refractivity contribution in [1.82, 2.24) is 4.90 Å². The predicted octanol–water partition coefficient (Wildman–Crippen LogP) is 1.21. The van der Waals surface area contributed by atoms with E-state index in [0.717, 1.165) is 0 Å². The second kappa shape index (κ2) is 11.0. The lowest BCUT2D eigenvalue weighted by atomic mass is 10.2. The number of primary amides is 1.